The van der Waals surface area contributed by atoms with Crippen molar-refractivity contribution in [2.45, 2.75) is 6.10 Å². The molecule has 44 valence electrons. The number of aliphatic hydroxyl groups excluding tert-OH is 2. The van der Waals surface area contributed by atoms with Crippen molar-refractivity contribution in [2.75, 3.05) is 6.61 Å². The normalized spacial score (nSPS) is 11.8. The Morgan fingerprint density at radius 1 is 1.75 bits per heavy atom. The molecular weight excluding hydrogens is 123 g/mol. The summed E-state index contributed by atoms with van der Waals surface area (Å²) < 4.78 is 0. The fraction of sp³-hybridized carbons (Fsp3) is 0.667. The van der Waals surface area contributed by atoms with Crippen LogP contribution in [0.5, 0.6) is 0 Å². The van der Waals surface area contributed by atoms with Crippen molar-refractivity contribution in [3.8, 4) is 0 Å². The predicted molar refractivity (Wildman–Crippen MR) is 21.8 cm³/mol. The van der Waals surface area contributed by atoms with Crippen molar-refractivity contribution in [2.24, 2.45) is 0 Å². The van der Waals surface area contributed by atoms with Crippen LogP contribution in [0.15, 0.2) is 0 Å². The Morgan fingerprint density at radius 3 is 2.12 bits per heavy atom. The van der Waals surface area contributed by atoms with Crippen LogP contribution in [0.4, 0.5) is 0 Å². The summed E-state index contributed by atoms with van der Waals surface area (Å²) in [6.45, 7) is -0.727. The van der Waals surface area contributed by atoms with Crippen LogP contribution in [-0.4, -0.2) is 34.0 Å². The molecule has 5 heteroatoms. The number of aliphatic hydroxyl groups is 2. The van der Waals surface area contributed by atoms with Gasteiger partial charge in [-0.1, -0.05) is 0 Å². The summed E-state index contributed by atoms with van der Waals surface area (Å²) in [5, 5.41) is 23.7. The molecule has 0 saturated heterocycles. The smallest absolute Gasteiger partial charge is 1.00 e. The number of aliphatic carboxylic acids is 1. The van der Waals surface area contributed by atoms with Gasteiger partial charge in [-0.15, -0.1) is 0 Å². The van der Waals surface area contributed by atoms with Crippen molar-refractivity contribution in [3.05, 3.63) is 0 Å². The molecule has 1 atom stereocenters. The molecule has 0 bridgehead atoms. The van der Waals surface area contributed by atoms with Crippen LogP contribution >= 0.6 is 0 Å². The standard InChI is InChI=1S/C3H6O4.Na.H/c4-1-2(5)3(6)7;;/h2,4-5H,1H2,(H,6,7);;/q;+1;-1. The van der Waals surface area contributed by atoms with E-state index in [0.29, 0.717) is 0 Å². The molecule has 8 heavy (non-hydrogen) atoms. The molecule has 0 spiro atoms. The third kappa shape index (κ3) is 4.55. The quantitative estimate of drug-likeness (QED) is 0.329. The van der Waals surface area contributed by atoms with Crippen molar-refractivity contribution in [1.29, 1.82) is 0 Å². The Bertz CT molecular complexity index is 78.2. The second kappa shape index (κ2) is 5.53. The summed E-state index contributed by atoms with van der Waals surface area (Å²) in [6, 6.07) is 0. The van der Waals surface area contributed by atoms with Crippen LogP contribution in [0.1, 0.15) is 1.43 Å². The van der Waals surface area contributed by atoms with Crippen molar-refractivity contribution in [3.63, 3.8) is 0 Å². The molecule has 0 aliphatic heterocycles. The molecule has 0 amide bonds. The Balaban J connectivity index is -0.000000180. The molecule has 1 unspecified atom stereocenters. The maximum absolute atomic E-state index is 9.52. The van der Waals surface area contributed by atoms with E-state index in [9.17, 15) is 4.79 Å². The van der Waals surface area contributed by atoms with Gasteiger partial charge in [-0.05, 0) is 0 Å². The molecule has 0 aromatic carbocycles. The van der Waals surface area contributed by atoms with E-state index in [-0.39, 0.29) is 31.0 Å². The summed E-state index contributed by atoms with van der Waals surface area (Å²) in [5.74, 6) is -1.40. The Labute approximate surface area is 69.9 Å². The summed E-state index contributed by atoms with van der Waals surface area (Å²) >= 11 is 0. The van der Waals surface area contributed by atoms with Gasteiger partial charge in [-0.25, -0.2) is 4.79 Å². The van der Waals surface area contributed by atoms with Crippen LogP contribution in [-0.2, 0) is 4.79 Å². The molecule has 0 fully saturated rings. The summed E-state index contributed by atoms with van der Waals surface area (Å²) in [4.78, 5) is 9.52. The number of rotatable bonds is 2. The van der Waals surface area contributed by atoms with E-state index in [1.807, 2.05) is 0 Å². The van der Waals surface area contributed by atoms with Crippen molar-refractivity contribution in [1.82, 2.24) is 0 Å². The zero-order valence-electron chi connectivity index (χ0n) is 5.53. The zero-order chi connectivity index (χ0) is 5.86. The summed E-state index contributed by atoms with van der Waals surface area (Å²) in [5.41, 5.74) is 0. The third-order valence-corrected chi connectivity index (χ3v) is 0.458. The van der Waals surface area contributed by atoms with E-state index in [2.05, 4.69) is 0 Å². The second-order valence-corrected chi connectivity index (χ2v) is 1.04. The van der Waals surface area contributed by atoms with Gasteiger partial charge in [0.25, 0.3) is 0 Å². The molecular formula is C3H7NaO4. The van der Waals surface area contributed by atoms with Crippen LogP contribution < -0.4 is 29.6 Å². The fourth-order valence-corrected chi connectivity index (χ4v) is 0.0781. The van der Waals surface area contributed by atoms with Gasteiger partial charge in [0.15, 0.2) is 6.10 Å². The molecule has 0 aliphatic carbocycles. The second-order valence-electron chi connectivity index (χ2n) is 1.04. The Morgan fingerprint density at radius 2 is 2.12 bits per heavy atom. The maximum atomic E-state index is 9.52. The Hall–Kier alpha value is 0.390. The van der Waals surface area contributed by atoms with Gasteiger partial charge in [0.05, 0.1) is 6.61 Å². The average molecular weight is 130 g/mol. The Kier molecular flexibility index (Phi) is 7.75. The van der Waals surface area contributed by atoms with Gasteiger partial charge in [0.1, 0.15) is 0 Å². The minimum atomic E-state index is -1.63. The molecule has 4 nitrogen and oxygen atoms in total. The molecule has 0 aliphatic rings. The van der Waals surface area contributed by atoms with E-state index in [1.165, 1.54) is 0 Å². The molecule has 0 rings (SSSR count). The first-order chi connectivity index (χ1) is 3.18. The number of carboxylic acids is 1. The van der Waals surface area contributed by atoms with Gasteiger partial charge >= 0.3 is 35.5 Å². The monoisotopic (exact) mass is 130 g/mol. The molecule has 0 aromatic heterocycles. The predicted octanol–water partition coefficient (Wildman–Crippen LogP) is -4.46. The molecule has 0 saturated carbocycles. The van der Waals surface area contributed by atoms with Crippen LogP contribution in [0.25, 0.3) is 0 Å². The van der Waals surface area contributed by atoms with Gasteiger partial charge in [-0.3, -0.25) is 0 Å². The van der Waals surface area contributed by atoms with Crippen LogP contribution in [0, 0.1) is 0 Å². The topological polar surface area (TPSA) is 77.8 Å². The molecule has 0 radical (unpaired) electrons. The van der Waals surface area contributed by atoms with Gasteiger partial charge < -0.3 is 16.7 Å². The number of carbonyl (C=O) groups is 1. The van der Waals surface area contributed by atoms with Crippen molar-refractivity contribution < 1.29 is 51.1 Å². The number of hydrogen-bond donors (Lipinski definition) is 3. The first-order valence-corrected chi connectivity index (χ1v) is 1.70. The van der Waals surface area contributed by atoms with Gasteiger partial charge in [0, 0.05) is 0 Å². The summed E-state index contributed by atoms with van der Waals surface area (Å²) in [7, 11) is 0. The van der Waals surface area contributed by atoms with Crippen molar-refractivity contribution >= 4 is 5.97 Å². The van der Waals surface area contributed by atoms with Gasteiger partial charge in [0.2, 0.25) is 0 Å². The largest absolute Gasteiger partial charge is 1.00 e. The minimum absolute atomic E-state index is 0. The number of hydrogen-bond acceptors (Lipinski definition) is 3. The molecule has 0 aromatic rings. The first-order valence-electron chi connectivity index (χ1n) is 1.70. The van der Waals surface area contributed by atoms with Crippen LogP contribution in [0.3, 0.4) is 0 Å². The minimum Gasteiger partial charge on any atom is -1.00 e. The maximum Gasteiger partial charge on any atom is 1.00 e. The summed E-state index contributed by atoms with van der Waals surface area (Å²) in [6.07, 6.45) is -1.63. The van der Waals surface area contributed by atoms with E-state index in [1.54, 1.807) is 0 Å². The van der Waals surface area contributed by atoms with E-state index >= 15 is 0 Å². The fourth-order valence-electron chi connectivity index (χ4n) is 0.0781. The average Bonchev–Trinajstić information content (AvgIpc) is 1.65. The third-order valence-electron chi connectivity index (χ3n) is 0.458. The zero-order valence-corrected chi connectivity index (χ0v) is 6.53. The first kappa shape index (κ1) is 11.2. The van der Waals surface area contributed by atoms with Gasteiger partial charge in [-0.2, -0.15) is 0 Å². The SMILES string of the molecule is O=C(O)C(O)CO.[H-].[Na+]. The van der Waals surface area contributed by atoms with E-state index < -0.39 is 18.7 Å². The molecule has 0 heterocycles. The molecule has 3 N–H and O–H groups in total. The van der Waals surface area contributed by atoms with E-state index in [0.717, 1.165) is 0 Å². The van der Waals surface area contributed by atoms with Crippen LogP contribution in [0.2, 0.25) is 0 Å². The number of carboxylic acid groups (broad SMARTS) is 1. The van der Waals surface area contributed by atoms with E-state index in [4.69, 9.17) is 15.3 Å².